The maximum absolute atomic E-state index is 13.3. The molecule has 0 N–H and O–H groups in total. The van der Waals surface area contributed by atoms with E-state index in [1.807, 2.05) is 0 Å². The molecule has 1 atom stereocenters. The molecule has 1 aromatic carbocycles. The summed E-state index contributed by atoms with van der Waals surface area (Å²) < 4.78 is 30.9. The molecule has 1 heterocycles. The van der Waals surface area contributed by atoms with Crippen LogP contribution in [0.2, 0.25) is 0 Å². The zero-order valence-corrected chi connectivity index (χ0v) is 7.83. The van der Waals surface area contributed by atoms with Crippen molar-refractivity contribution in [2.45, 2.75) is 6.10 Å². The summed E-state index contributed by atoms with van der Waals surface area (Å²) in [7, 11) is 1.32. The van der Waals surface area contributed by atoms with Crippen molar-refractivity contribution in [3.8, 4) is 0 Å². The second kappa shape index (κ2) is 3.51. The van der Waals surface area contributed by atoms with Crippen molar-refractivity contribution in [2.24, 2.45) is 4.99 Å². The molecule has 5 heteroatoms. The summed E-state index contributed by atoms with van der Waals surface area (Å²) in [6.07, 6.45) is 0.400. The minimum Gasteiger partial charge on any atom is -0.367 e. The third kappa shape index (κ3) is 1.66. The lowest BCUT2D eigenvalue weighted by Crippen LogP contribution is -2.39. The van der Waals surface area contributed by atoms with Crippen LogP contribution in [0.5, 0.6) is 0 Å². The first-order chi connectivity index (χ1) is 7.11. The molecule has 15 heavy (non-hydrogen) atoms. The summed E-state index contributed by atoms with van der Waals surface area (Å²) in [5.74, 6) is -2.06. The molecule has 0 fully saturated rings. The Morgan fingerprint density at radius 2 is 2.13 bits per heavy atom. The molecule has 0 aliphatic carbocycles. The number of carbonyl (C=O) groups is 1. The molecule has 0 saturated carbocycles. The summed E-state index contributed by atoms with van der Waals surface area (Å²) in [5.41, 5.74) is 0. The van der Waals surface area contributed by atoms with E-state index in [2.05, 4.69) is 4.99 Å². The van der Waals surface area contributed by atoms with Crippen molar-refractivity contribution in [3.63, 3.8) is 0 Å². The number of nitrogens with zero attached hydrogens (tertiary/aromatic N) is 1. The van der Waals surface area contributed by atoms with Crippen LogP contribution in [0.4, 0.5) is 8.78 Å². The number of hydrogen-bond donors (Lipinski definition) is 0. The number of amides is 1. The Bertz CT molecular complexity index is 539. The highest BCUT2D eigenvalue weighted by molar-refractivity contribution is 5.88. The Kier molecular flexibility index (Phi) is 2.32. The lowest BCUT2D eigenvalue weighted by molar-refractivity contribution is -0.124. The van der Waals surface area contributed by atoms with Gasteiger partial charge in [0, 0.05) is 24.5 Å². The van der Waals surface area contributed by atoms with E-state index in [1.54, 1.807) is 0 Å². The van der Waals surface area contributed by atoms with Gasteiger partial charge in [-0.05, 0) is 6.08 Å². The van der Waals surface area contributed by atoms with Crippen LogP contribution in [0.25, 0.3) is 6.08 Å². The van der Waals surface area contributed by atoms with Crippen LogP contribution in [0.15, 0.2) is 17.1 Å². The van der Waals surface area contributed by atoms with Crippen LogP contribution >= 0.6 is 0 Å². The van der Waals surface area contributed by atoms with Crippen molar-refractivity contribution in [1.29, 1.82) is 0 Å². The standard InChI is InChI=1S/C10H7F2NO2/c1-15-9-4-6-7(12)2-5(11)3-8(6)13-10(9)14/h2-4,9H,1H3/t9-/m1/s1. The van der Waals surface area contributed by atoms with E-state index < -0.39 is 23.6 Å². The van der Waals surface area contributed by atoms with Gasteiger partial charge in [0.15, 0.2) is 6.10 Å². The molecule has 0 bridgehead atoms. The minimum absolute atomic E-state index is 0.00537. The molecule has 0 saturated heterocycles. The summed E-state index contributed by atoms with van der Waals surface area (Å²) >= 11 is 0. The van der Waals surface area contributed by atoms with Crippen LogP contribution in [0.1, 0.15) is 0 Å². The van der Waals surface area contributed by atoms with Crippen molar-refractivity contribution >= 4 is 12.0 Å². The molecule has 1 aliphatic rings. The second-order valence-corrected chi connectivity index (χ2v) is 3.09. The van der Waals surface area contributed by atoms with E-state index in [4.69, 9.17) is 4.74 Å². The number of hydrogen-bond acceptors (Lipinski definition) is 2. The Balaban J connectivity index is 2.76. The van der Waals surface area contributed by atoms with E-state index >= 15 is 0 Å². The number of benzene rings is 1. The fourth-order valence-corrected chi connectivity index (χ4v) is 1.40. The largest absolute Gasteiger partial charge is 0.367 e. The first kappa shape index (κ1) is 9.92. The zero-order valence-electron chi connectivity index (χ0n) is 7.83. The number of methoxy groups -OCH3 is 1. The molecule has 1 aromatic rings. The Hall–Kier alpha value is -1.62. The minimum atomic E-state index is -0.891. The molecule has 78 valence electrons. The Morgan fingerprint density at radius 3 is 2.80 bits per heavy atom. The monoisotopic (exact) mass is 211 g/mol. The average molecular weight is 211 g/mol. The Labute approximate surface area is 83.7 Å². The maximum Gasteiger partial charge on any atom is 0.279 e. The molecular formula is C10H7F2NO2. The molecule has 1 amide bonds. The van der Waals surface area contributed by atoms with Crippen LogP contribution in [0, 0.1) is 11.6 Å². The van der Waals surface area contributed by atoms with E-state index in [-0.39, 0.29) is 10.6 Å². The first-order valence-corrected chi connectivity index (χ1v) is 4.24. The molecular weight excluding hydrogens is 204 g/mol. The lowest BCUT2D eigenvalue weighted by atomic mass is 10.1. The molecule has 0 unspecified atom stereocenters. The van der Waals surface area contributed by atoms with Gasteiger partial charge in [0.2, 0.25) is 0 Å². The third-order valence-electron chi connectivity index (χ3n) is 2.12. The van der Waals surface area contributed by atoms with Crippen molar-refractivity contribution in [3.05, 3.63) is 34.3 Å². The molecule has 2 rings (SSSR count). The smallest absolute Gasteiger partial charge is 0.279 e. The van der Waals surface area contributed by atoms with Gasteiger partial charge in [-0.2, -0.15) is 0 Å². The molecule has 0 aromatic heterocycles. The number of halogens is 2. The van der Waals surface area contributed by atoms with Crippen molar-refractivity contribution < 1.29 is 18.3 Å². The van der Waals surface area contributed by atoms with E-state index in [0.29, 0.717) is 0 Å². The summed E-state index contributed by atoms with van der Waals surface area (Å²) in [5, 5.41) is 0.105. The third-order valence-corrected chi connectivity index (χ3v) is 2.12. The van der Waals surface area contributed by atoms with Gasteiger partial charge in [-0.25, -0.2) is 13.8 Å². The fraction of sp³-hybridized carbons (Fsp3) is 0.200. The highest BCUT2D eigenvalue weighted by Crippen LogP contribution is 2.00. The van der Waals surface area contributed by atoms with Gasteiger partial charge >= 0.3 is 0 Å². The first-order valence-electron chi connectivity index (χ1n) is 4.24. The van der Waals surface area contributed by atoms with Gasteiger partial charge < -0.3 is 4.74 Å². The SMILES string of the molecule is CO[C@@H]1C=c2c(F)cc(F)cc2=NC1=O. The predicted octanol–water partition coefficient (Wildman–Crippen LogP) is -0.0799. The van der Waals surface area contributed by atoms with Gasteiger partial charge in [-0.1, -0.05) is 0 Å². The lowest BCUT2D eigenvalue weighted by Gasteiger charge is -2.09. The van der Waals surface area contributed by atoms with Crippen molar-refractivity contribution in [1.82, 2.24) is 0 Å². The highest BCUT2D eigenvalue weighted by Gasteiger charge is 2.18. The second-order valence-electron chi connectivity index (χ2n) is 3.09. The van der Waals surface area contributed by atoms with Crippen LogP contribution in [-0.4, -0.2) is 19.1 Å². The van der Waals surface area contributed by atoms with Gasteiger partial charge in [0.1, 0.15) is 11.6 Å². The number of fused-ring (bicyclic) bond motifs is 1. The summed E-state index contributed by atoms with van der Waals surface area (Å²) in [6.45, 7) is 0. The van der Waals surface area contributed by atoms with Crippen molar-refractivity contribution in [2.75, 3.05) is 7.11 Å². The van der Waals surface area contributed by atoms with Gasteiger partial charge in [0.25, 0.3) is 5.91 Å². The molecule has 3 nitrogen and oxygen atoms in total. The summed E-state index contributed by atoms with van der Waals surface area (Å²) in [6, 6.07) is 1.76. The van der Waals surface area contributed by atoms with Gasteiger partial charge in [-0.15, -0.1) is 0 Å². The normalized spacial score (nSPS) is 19.1. The highest BCUT2D eigenvalue weighted by atomic mass is 19.1. The number of ether oxygens (including phenoxy) is 1. The van der Waals surface area contributed by atoms with Gasteiger partial charge in [-0.3, -0.25) is 4.79 Å². The Morgan fingerprint density at radius 1 is 1.40 bits per heavy atom. The zero-order chi connectivity index (χ0) is 11.0. The maximum atomic E-state index is 13.3. The average Bonchev–Trinajstić information content (AvgIpc) is 2.16. The molecule has 1 aliphatic heterocycles. The molecule has 0 radical (unpaired) electrons. The topological polar surface area (TPSA) is 38.7 Å². The van der Waals surface area contributed by atoms with Crippen LogP contribution < -0.4 is 10.6 Å². The number of carbonyl (C=O) groups excluding carboxylic acids is 1. The van der Waals surface area contributed by atoms with Gasteiger partial charge in [0.05, 0.1) is 5.36 Å². The quantitative estimate of drug-likeness (QED) is 0.651. The van der Waals surface area contributed by atoms with Crippen LogP contribution in [-0.2, 0) is 9.53 Å². The molecule has 0 spiro atoms. The summed E-state index contributed by atoms with van der Waals surface area (Å²) in [4.78, 5) is 14.8. The van der Waals surface area contributed by atoms with E-state index in [9.17, 15) is 13.6 Å². The number of rotatable bonds is 1. The van der Waals surface area contributed by atoms with E-state index in [0.717, 1.165) is 12.1 Å². The van der Waals surface area contributed by atoms with Crippen LogP contribution in [0.3, 0.4) is 0 Å². The van der Waals surface area contributed by atoms with E-state index in [1.165, 1.54) is 13.2 Å². The predicted molar refractivity (Wildman–Crippen MR) is 47.4 cm³/mol. The fourth-order valence-electron chi connectivity index (χ4n) is 1.40.